The first kappa shape index (κ1) is 10.6. The minimum Gasteiger partial charge on any atom is -0.386 e. The molecule has 1 unspecified atom stereocenters. The number of hydrogen-bond acceptors (Lipinski definition) is 3. The van der Waals surface area contributed by atoms with Gasteiger partial charge in [0.1, 0.15) is 6.10 Å². The fourth-order valence-electron chi connectivity index (χ4n) is 1.33. The van der Waals surface area contributed by atoms with Crippen LogP contribution in [0.4, 0.5) is 0 Å². The maximum Gasteiger partial charge on any atom is 0.101 e. The molecular formula is C11H10ClNOS. The molecule has 0 saturated heterocycles. The second kappa shape index (κ2) is 4.75. The number of aromatic nitrogens is 1. The summed E-state index contributed by atoms with van der Waals surface area (Å²) in [6.45, 7) is 0. The number of aliphatic hydroxyl groups excluding tert-OH is 1. The molecule has 0 aliphatic carbocycles. The van der Waals surface area contributed by atoms with Crippen LogP contribution in [0.25, 0.3) is 0 Å². The molecule has 0 radical (unpaired) electrons. The molecule has 78 valence electrons. The third kappa shape index (κ3) is 2.78. The van der Waals surface area contributed by atoms with Gasteiger partial charge in [-0.15, -0.1) is 11.3 Å². The molecule has 1 atom stereocenters. The van der Waals surface area contributed by atoms with Gasteiger partial charge in [-0.2, -0.15) is 0 Å². The van der Waals surface area contributed by atoms with Crippen LogP contribution >= 0.6 is 22.9 Å². The van der Waals surface area contributed by atoms with Gasteiger partial charge in [0.2, 0.25) is 0 Å². The minimum absolute atomic E-state index is 0.530. The maximum absolute atomic E-state index is 9.84. The van der Waals surface area contributed by atoms with Crippen LogP contribution in [0.2, 0.25) is 5.02 Å². The zero-order valence-corrected chi connectivity index (χ0v) is 9.50. The van der Waals surface area contributed by atoms with Crippen molar-refractivity contribution in [2.75, 3.05) is 0 Å². The highest BCUT2D eigenvalue weighted by molar-refractivity contribution is 7.07. The van der Waals surface area contributed by atoms with Crippen molar-refractivity contribution in [3.05, 3.63) is 51.4 Å². The summed E-state index contributed by atoms with van der Waals surface area (Å²) in [5, 5.41) is 12.4. The van der Waals surface area contributed by atoms with E-state index in [1.807, 2.05) is 29.6 Å². The van der Waals surface area contributed by atoms with Crippen LogP contribution in [0.1, 0.15) is 17.4 Å². The zero-order valence-electron chi connectivity index (χ0n) is 7.93. The lowest BCUT2D eigenvalue weighted by Crippen LogP contribution is -2.01. The van der Waals surface area contributed by atoms with Crippen molar-refractivity contribution in [3.8, 4) is 0 Å². The molecule has 1 aromatic carbocycles. The lowest BCUT2D eigenvalue weighted by molar-refractivity contribution is 0.174. The molecule has 0 fully saturated rings. The van der Waals surface area contributed by atoms with Gasteiger partial charge in [-0.25, -0.2) is 4.98 Å². The van der Waals surface area contributed by atoms with Crippen LogP contribution in [0.5, 0.6) is 0 Å². The van der Waals surface area contributed by atoms with Crippen LogP contribution in [0, 0.1) is 0 Å². The first-order valence-corrected chi connectivity index (χ1v) is 5.88. The molecule has 15 heavy (non-hydrogen) atoms. The summed E-state index contributed by atoms with van der Waals surface area (Å²) in [7, 11) is 0. The Morgan fingerprint density at radius 1 is 1.33 bits per heavy atom. The van der Waals surface area contributed by atoms with Gasteiger partial charge in [0, 0.05) is 16.8 Å². The predicted molar refractivity (Wildman–Crippen MR) is 62.2 cm³/mol. The lowest BCUT2D eigenvalue weighted by atomic mass is 10.1. The highest BCUT2D eigenvalue weighted by Gasteiger charge is 2.09. The molecule has 1 heterocycles. The van der Waals surface area contributed by atoms with Gasteiger partial charge in [0.15, 0.2) is 0 Å². The summed E-state index contributed by atoms with van der Waals surface area (Å²) in [4.78, 5) is 4.07. The van der Waals surface area contributed by atoms with Crippen molar-refractivity contribution in [2.45, 2.75) is 12.5 Å². The van der Waals surface area contributed by atoms with Gasteiger partial charge in [0.25, 0.3) is 0 Å². The molecule has 0 aliphatic heterocycles. The van der Waals surface area contributed by atoms with Gasteiger partial charge in [-0.3, -0.25) is 0 Å². The van der Waals surface area contributed by atoms with Crippen molar-refractivity contribution in [1.29, 1.82) is 0 Å². The summed E-state index contributed by atoms with van der Waals surface area (Å²) in [6, 6.07) is 7.48. The highest BCUT2D eigenvalue weighted by Crippen LogP contribution is 2.19. The van der Waals surface area contributed by atoms with Crippen molar-refractivity contribution < 1.29 is 5.11 Å². The van der Waals surface area contributed by atoms with E-state index >= 15 is 0 Å². The first-order chi connectivity index (χ1) is 7.25. The van der Waals surface area contributed by atoms with Crippen LogP contribution < -0.4 is 0 Å². The molecule has 0 spiro atoms. The quantitative estimate of drug-likeness (QED) is 0.893. The fourth-order valence-corrected chi connectivity index (χ4v) is 2.06. The standard InChI is InChI=1S/C11H10ClNOS/c12-9-3-1-8(2-4-9)5-11(14)10-6-15-7-13-10/h1-4,6-7,11,14H,5H2. The van der Waals surface area contributed by atoms with E-state index in [2.05, 4.69) is 4.98 Å². The number of benzene rings is 1. The molecule has 0 aliphatic rings. The average Bonchev–Trinajstić information content (AvgIpc) is 2.74. The van der Waals surface area contributed by atoms with Crippen molar-refractivity contribution in [3.63, 3.8) is 0 Å². The number of nitrogens with zero attached hydrogens (tertiary/aromatic N) is 1. The smallest absolute Gasteiger partial charge is 0.101 e. The Bertz CT molecular complexity index is 413. The van der Waals surface area contributed by atoms with Crippen LogP contribution in [-0.4, -0.2) is 10.1 Å². The number of thiazole rings is 1. The van der Waals surface area contributed by atoms with Gasteiger partial charge in [0.05, 0.1) is 11.2 Å². The Balaban J connectivity index is 2.06. The Labute approximate surface area is 97.2 Å². The molecule has 1 N–H and O–H groups in total. The second-order valence-corrected chi connectivity index (χ2v) is 4.41. The topological polar surface area (TPSA) is 33.1 Å². The van der Waals surface area contributed by atoms with E-state index < -0.39 is 6.10 Å². The number of halogens is 1. The molecule has 2 aromatic rings. The van der Waals surface area contributed by atoms with Gasteiger partial charge in [-0.1, -0.05) is 23.7 Å². The fraction of sp³-hybridized carbons (Fsp3) is 0.182. The molecule has 0 bridgehead atoms. The van der Waals surface area contributed by atoms with E-state index in [1.165, 1.54) is 11.3 Å². The summed E-state index contributed by atoms with van der Waals surface area (Å²) >= 11 is 7.26. The minimum atomic E-state index is -0.530. The molecule has 2 nitrogen and oxygen atoms in total. The van der Waals surface area contributed by atoms with Crippen LogP contribution in [0.3, 0.4) is 0 Å². The monoisotopic (exact) mass is 239 g/mol. The van der Waals surface area contributed by atoms with Gasteiger partial charge < -0.3 is 5.11 Å². The molecule has 0 amide bonds. The van der Waals surface area contributed by atoms with Crippen LogP contribution in [-0.2, 0) is 6.42 Å². The van der Waals surface area contributed by atoms with Gasteiger partial charge >= 0.3 is 0 Å². The van der Waals surface area contributed by atoms with E-state index in [-0.39, 0.29) is 0 Å². The molecular weight excluding hydrogens is 230 g/mol. The van der Waals surface area contributed by atoms with E-state index in [4.69, 9.17) is 11.6 Å². The summed E-state index contributed by atoms with van der Waals surface area (Å²) in [5.41, 5.74) is 3.51. The second-order valence-electron chi connectivity index (χ2n) is 3.26. The third-order valence-corrected chi connectivity index (χ3v) is 2.99. The molecule has 0 saturated carbocycles. The zero-order chi connectivity index (χ0) is 10.7. The van der Waals surface area contributed by atoms with Gasteiger partial charge in [-0.05, 0) is 17.7 Å². The van der Waals surface area contributed by atoms with E-state index in [1.54, 1.807) is 5.51 Å². The average molecular weight is 240 g/mol. The summed E-state index contributed by atoms with van der Waals surface area (Å²) < 4.78 is 0. The predicted octanol–water partition coefficient (Wildman–Crippen LogP) is 3.07. The maximum atomic E-state index is 9.84. The molecule has 1 aromatic heterocycles. The molecule has 2 rings (SSSR count). The lowest BCUT2D eigenvalue weighted by Gasteiger charge is -2.07. The SMILES string of the molecule is OC(Cc1ccc(Cl)cc1)c1cscn1. The summed E-state index contributed by atoms with van der Waals surface area (Å²) in [5.74, 6) is 0. The molecule has 4 heteroatoms. The Morgan fingerprint density at radius 2 is 2.07 bits per heavy atom. The van der Waals surface area contributed by atoms with Crippen molar-refractivity contribution >= 4 is 22.9 Å². The summed E-state index contributed by atoms with van der Waals surface area (Å²) in [6.07, 6.45) is 0.0402. The normalized spacial score (nSPS) is 12.7. The number of hydrogen-bond donors (Lipinski definition) is 1. The van der Waals surface area contributed by atoms with Crippen molar-refractivity contribution in [2.24, 2.45) is 0 Å². The van der Waals surface area contributed by atoms with E-state index in [9.17, 15) is 5.11 Å². The van der Waals surface area contributed by atoms with E-state index in [0.717, 1.165) is 11.3 Å². The van der Waals surface area contributed by atoms with Crippen LogP contribution in [0.15, 0.2) is 35.2 Å². The third-order valence-electron chi connectivity index (χ3n) is 2.14. The first-order valence-electron chi connectivity index (χ1n) is 4.56. The van der Waals surface area contributed by atoms with E-state index in [0.29, 0.717) is 11.4 Å². The Kier molecular flexibility index (Phi) is 3.36. The largest absolute Gasteiger partial charge is 0.386 e. The number of rotatable bonds is 3. The highest BCUT2D eigenvalue weighted by atomic mass is 35.5. The Hall–Kier alpha value is -0.900. The Morgan fingerprint density at radius 3 is 2.67 bits per heavy atom. The number of aliphatic hydroxyl groups is 1. The van der Waals surface area contributed by atoms with Crippen molar-refractivity contribution in [1.82, 2.24) is 4.98 Å².